The molecule has 3 heterocycles. The Balaban J connectivity index is 1.48. The Hall–Kier alpha value is -3.20. The van der Waals surface area contributed by atoms with Crippen LogP contribution in [-0.4, -0.2) is 42.1 Å². The predicted molar refractivity (Wildman–Crippen MR) is 117 cm³/mol. The normalized spacial score (nSPS) is 12.3. The molecule has 4 rings (SSSR count). The number of fused-ring (bicyclic) bond motifs is 2. The number of carbonyl (C=O) groups excluding carboxylic acids is 1. The molecule has 4 aromatic rings. The van der Waals surface area contributed by atoms with Gasteiger partial charge in [0.05, 0.1) is 23.3 Å². The van der Waals surface area contributed by atoms with Gasteiger partial charge in [0.25, 0.3) is 5.56 Å². The highest BCUT2D eigenvalue weighted by Gasteiger charge is 2.20. The van der Waals surface area contributed by atoms with E-state index in [0.717, 1.165) is 17.8 Å². The van der Waals surface area contributed by atoms with Gasteiger partial charge in [0.2, 0.25) is 5.91 Å². The summed E-state index contributed by atoms with van der Waals surface area (Å²) >= 11 is 1.71. The van der Waals surface area contributed by atoms with E-state index in [1.165, 1.54) is 10.9 Å². The van der Waals surface area contributed by atoms with Gasteiger partial charge in [-0.25, -0.2) is 4.98 Å². The largest absolute Gasteiger partial charge is 0.346 e. The Kier molecular flexibility index (Phi) is 6.08. The van der Waals surface area contributed by atoms with Crippen LogP contribution in [0.5, 0.6) is 0 Å². The molecule has 0 bridgehead atoms. The first-order valence-corrected chi connectivity index (χ1v) is 11.1. The van der Waals surface area contributed by atoms with E-state index in [2.05, 4.69) is 20.5 Å². The van der Waals surface area contributed by atoms with Gasteiger partial charge in [0, 0.05) is 19.2 Å². The average molecular weight is 423 g/mol. The first kappa shape index (κ1) is 20.1. The molecule has 1 atom stereocenters. The molecule has 0 radical (unpaired) electrons. The van der Waals surface area contributed by atoms with Crippen LogP contribution in [0.3, 0.4) is 0 Å². The van der Waals surface area contributed by atoms with E-state index in [9.17, 15) is 9.59 Å². The highest BCUT2D eigenvalue weighted by atomic mass is 32.2. The van der Waals surface area contributed by atoms with E-state index in [1.54, 1.807) is 23.9 Å². The van der Waals surface area contributed by atoms with Crippen molar-refractivity contribution in [1.82, 2.24) is 29.5 Å². The van der Waals surface area contributed by atoms with E-state index in [1.807, 2.05) is 47.2 Å². The van der Waals surface area contributed by atoms with Crippen LogP contribution in [0.1, 0.15) is 24.7 Å². The molecule has 0 spiro atoms. The minimum absolute atomic E-state index is 0.143. The molecular weight excluding hydrogens is 400 g/mol. The van der Waals surface area contributed by atoms with Crippen LogP contribution in [0, 0.1) is 0 Å². The lowest BCUT2D eigenvalue weighted by Crippen LogP contribution is -2.32. The zero-order chi connectivity index (χ0) is 20.9. The quantitative estimate of drug-likeness (QED) is 0.469. The van der Waals surface area contributed by atoms with Crippen LogP contribution in [0.25, 0.3) is 16.6 Å². The number of rotatable bonds is 8. The number of nitrogens with zero attached hydrogens (tertiary/aromatic N) is 5. The first-order valence-electron chi connectivity index (χ1n) is 9.69. The Bertz CT molecular complexity index is 1230. The third kappa shape index (κ3) is 4.20. The minimum Gasteiger partial charge on any atom is -0.346 e. The molecule has 1 amide bonds. The molecule has 1 N–H and O–H groups in total. The van der Waals surface area contributed by atoms with Gasteiger partial charge in [-0.2, -0.15) is 11.8 Å². The highest BCUT2D eigenvalue weighted by molar-refractivity contribution is 7.98. The zero-order valence-corrected chi connectivity index (χ0v) is 17.4. The summed E-state index contributed by atoms with van der Waals surface area (Å²) in [6.45, 7) is 0.262. The lowest BCUT2D eigenvalue weighted by atomic mass is 10.2. The van der Waals surface area contributed by atoms with Crippen molar-refractivity contribution in [1.29, 1.82) is 0 Å². The van der Waals surface area contributed by atoms with Gasteiger partial charge >= 0.3 is 0 Å². The van der Waals surface area contributed by atoms with E-state index < -0.39 is 0 Å². The van der Waals surface area contributed by atoms with Crippen LogP contribution < -0.4 is 10.9 Å². The smallest absolute Gasteiger partial charge is 0.261 e. The van der Waals surface area contributed by atoms with Crippen LogP contribution >= 0.6 is 11.8 Å². The predicted octanol–water partition coefficient (Wildman–Crippen LogP) is 2.44. The molecule has 0 saturated heterocycles. The standard InChI is InChI=1S/C21H22N6O2S/c1-30-13-10-17(20-25-24-18-8-4-5-11-27(18)20)23-19(28)9-12-26-14-22-16-7-3-2-6-15(16)21(26)29/h2-8,11,14,17H,9-10,12-13H2,1H3,(H,23,28). The SMILES string of the molecule is CSCCC(NC(=O)CCn1cnc2ccccc2c1=O)c1nnc2ccccn12. The minimum atomic E-state index is -0.256. The number of para-hydroxylation sites is 1. The van der Waals surface area contributed by atoms with Crippen LogP contribution in [0.2, 0.25) is 0 Å². The summed E-state index contributed by atoms with van der Waals surface area (Å²) in [5, 5.41) is 12.1. The Morgan fingerprint density at radius 1 is 1.17 bits per heavy atom. The van der Waals surface area contributed by atoms with Gasteiger partial charge in [-0.05, 0) is 42.7 Å². The Labute approximate surface area is 177 Å². The molecule has 0 fully saturated rings. The van der Waals surface area contributed by atoms with E-state index in [4.69, 9.17) is 0 Å². The van der Waals surface area contributed by atoms with Crippen molar-refractivity contribution in [3.8, 4) is 0 Å². The fourth-order valence-electron chi connectivity index (χ4n) is 3.35. The lowest BCUT2D eigenvalue weighted by Gasteiger charge is -2.17. The van der Waals surface area contributed by atoms with Crippen molar-refractivity contribution >= 4 is 34.2 Å². The zero-order valence-electron chi connectivity index (χ0n) is 16.6. The molecule has 9 heteroatoms. The van der Waals surface area contributed by atoms with Gasteiger partial charge in [-0.3, -0.25) is 18.6 Å². The first-order chi connectivity index (χ1) is 14.7. The Morgan fingerprint density at radius 2 is 2.00 bits per heavy atom. The summed E-state index contributed by atoms with van der Waals surface area (Å²) in [7, 11) is 0. The molecular formula is C21H22N6O2S. The molecule has 0 saturated carbocycles. The summed E-state index contributed by atoms with van der Waals surface area (Å²) in [4.78, 5) is 29.6. The lowest BCUT2D eigenvalue weighted by molar-refractivity contribution is -0.122. The van der Waals surface area contributed by atoms with Gasteiger partial charge in [-0.15, -0.1) is 10.2 Å². The van der Waals surface area contributed by atoms with Crippen molar-refractivity contribution in [3.05, 3.63) is 71.2 Å². The monoisotopic (exact) mass is 422 g/mol. The summed E-state index contributed by atoms with van der Waals surface area (Å²) in [5.41, 5.74) is 1.25. The van der Waals surface area contributed by atoms with E-state index in [-0.39, 0.29) is 30.5 Å². The van der Waals surface area contributed by atoms with Gasteiger partial charge in [0.15, 0.2) is 11.5 Å². The molecule has 30 heavy (non-hydrogen) atoms. The van der Waals surface area contributed by atoms with Crippen molar-refractivity contribution in [2.75, 3.05) is 12.0 Å². The number of amides is 1. The van der Waals surface area contributed by atoms with Gasteiger partial charge < -0.3 is 5.32 Å². The molecule has 3 aromatic heterocycles. The number of hydrogen-bond donors (Lipinski definition) is 1. The van der Waals surface area contributed by atoms with Gasteiger partial charge in [0.1, 0.15) is 0 Å². The number of pyridine rings is 1. The fourth-order valence-corrected chi connectivity index (χ4v) is 3.82. The number of hydrogen-bond acceptors (Lipinski definition) is 6. The molecule has 0 aliphatic carbocycles. The fraction of sp³-hybridized carbons (Fsp3) is 0.286. The van der Waals surface area contributed by atoms with Crippen molar-refractivity contribution in [3.63, 3.8) is 0 Å². The number of aryl methyl sites for hydroxylation is 1. The van der Waals surface area contributed by atoms with Crippen molar-refractivity contribution < 1.29 is 4.79 Å². The van der Waals surface area contributed by atoms with Crippen LogP contribution in [0.4, 0.5) is 0 Å². The topological polar surface area (TPSA) is 94.2 Å². The molecule has 154 valence electrons. The number of carbonyl (C=O) groups is 1. The summed E-state index contributed by atoms with van der Waals surface area (Å²) in [6.07, 6.45) is 6.32. The highest BCUT2D eigenvalue weighted by Crippen LogP contribution is 2.18. The molecule has 0 aliphatic rings. The summed E-state index contributed by atoms with van der Waals surface area (Å²) in [5.74, 6) is 1.44. The molecule has 8 nitrogen and oxygen atoms in total. The van der Waals surface area contributed by atoms with Gasteiger partial charge in [-0.1, -0.05) is 18.2 Å². The third-order valence-electron chi connectivity index (χ3n) is 4.91. The molecule has 1 unspecified atom stereocenters. The maximum atomic E-state index is 12.7. The number of thioether (sulfide) groups is 1. The van der Waals surface area contributed by atoms with Crippen LogP contribution in [-0.2, 0) is 11.3 Å². The molecule has 0 aliphatic heterocycles. The van der Waals surface area contributed by atoms with E-state index >= 15 is 0 Å². The van der Waals surface area contributed by atoms with Crippen LogP contribution in [0.15, 0.2) is 59.8 Å². The summed E-state index contributed by atoms with van der Waals surface area (Å²) in [6, 6.07) is 12.6. The second-order valence-corrected chi connectivity index (χ2v) is 7.88. The number of benzene rings is 1. The second-order valence-electron chi connectivity index (χ2n) is 6.90. The van der Waals surface area contributed by atoms with Crippen molar-refractivity contribution in [2.45, 2.75) is 25.4 Å². The maximum Gasteiger partial charge on any atom is 0.261 e. The Morgan fingerprint density at radius 3 is 2.87 bits per heavy atom. The number of aromatic nitrogens is 5. The number of nitrogens with one attached hydrogen (secondary N) is 1. The third-order valence-corrected chi connectivity index (χ3v) is 5.55. The average Bonchev–Trinajstić information content (AvgIpc) is 3.20. The molecule has 1 aromatic carbocycles. The maximum absolute atomic E-state index is 12.7. The summed E-state index contributed by atoms with van der Waals surface area (Å²) < 4.78 is 3.37. The van der Waals surface area contributed by atoms with Crippen molar-refractivity contribution in [2.24, 2.45) is 0 Å². The second kappa shape index (κ2) is 9.08. The van der Waals surface area contributed by atoms with E-state index in [0.29, 0.717) is 16.7 Å².